The third kappa shape index (κ3) is 4.51. The van der Waals surface area contributed by atoms with Crippen molar-refractivity contribution in [2.75, 3.05) is 33.1 Å². The van der Waals surface area contributed by atoms with Gasteiger partial charge in [-0.3, -0.25) is 14.5 Å². The highest BCUT2D eigenvalue weighted by molar-refractivity contribution is 6.15. The van der Waals surface area contributed by atoms with Crippen molar-refractivity contribution in [3.8, 4) is 17.6 Å². The maximum atomic E-state index is 14.3. The van der Waals surface area contributed by atoms with E-state index in [1.165, 1.54) is 0 Å². The zero-order chi connectivity index (χ0) is 33.5. The number of ether oxygens (including phenoxy) is 1. The number of Topliss-reactive ketones (excluding diaryl/α,β-unsaturated/α-hetero) is 1. The monoisotopic (exact) mass is 628 g/mol. The lowest BCUT2D eigenvalue weighted by molar-refractivity contribution is -0.117. The number of hydrogen-bond donors (Lipinski definition) is 6. The molecule has 1 amide bonds. The number of anilines is 1. The number of aliphatic hydroxyl groups is 3. The average Bonchev–Trinajstić information content (AvgIpc) is 3.59. The molecule has 0 aromatic heterocycles. The fourth-order valence-electron chi connectivity index (χ4n) is 7.87. The number of allylic oxidation sites excluding steroid dienone is 1. The van der Waals surface area contributed by atoms with Crippen molar-refractivity contribution in [2.24, 2.45) is 23.3 Å². The number of rotatable bonds is 6. The number of carbonyl (C=O) groups excluding carboxylic acids is 2. The molecule has 11 heteroatoms. The number of hydrogen-bond acceptors (Lipinski definition) is 10. The van der Waals surface area contributed by atoms with Gasteiger partial charge in [0.1, 0.15) is 22.8 Å². The molecule has 11 nitrogen and oxygen atoms in total. The second-order valence-electron chi connectivity index (χ2n) is 13.7. The first kappa shape index (κ1) is 31.6. The average molecular weight is 629 g/mol. The standard InChI is InChI=1S/C35H40N4O7/c1-33(37,17-18-10-7-6-8-11-18)13-9-12-19-16-23(38(2)3)21-14-20-15-22-27(39(4)5)30(42)26(32(36)44)35(45)34(22,46-35)31(43)24(20)29(41)25(21)28(19)40/h6-8,10-11,16,20,22,27,40,42-43,45H,13-15,17,37H2,1-5H3,(H2,36,44)/t20-,22-,27-,33?,34-,35?/m0/s1. The molecule has 2 aromatic rings. The summed E-state index contributed by atoms with van der Waals surface area (Å²) in [5.41, 5.74) is 11.7. The summed E-state index contributed by atoms with van der Waals surface area (Å²) >= 11 is 0. The van der Waals surface area contributed by atoms with Crippen molar-refractivity contribution in [1.82, 2.24) is 4.90 Å². The minimum absolute atomic E-state index is 0.00935. The molecule has 6 atom stereocenters. The molecular formula is C35H40N4O7. The van der Waals surface area contributed by atoms with E-state index in [-0.39, 0.29) is 35.3 Å². The summed E-state index contributed by atoms with van der Waals surface area (Å²) in [5.74, 6) is -0.517. The van der Waals surface area contributed by atoms with E-state index in [0.717, 1.165) is 5.56 Å². The minimum atomic E-state index is -2.40. The van der Waals surface area contributed by atoms with E-state index in [2.05, 4.69) is 11.8 Å². The maximum absolute atomic E-state index is 14.3. The molecule has 6 rings (SSSR count). The van der Waals surface area contributed by atoms with Crippen LogP contribution in [-0.2, 0) is 22.4 Å². The Morgan fingerprint density at radius 1 is 1.15 bits per heavy atom. The molecule has 242 valence electrons. The van der Waals surface area contributed by atoms with Crippen molar-refractivity contribution in [2.45, 2.75) is 55.6 Å². The van der Waals surface area contributed by atoms with Gasteiger partial charge in [0.25, 0.3) is 5.91 Å². The van der Waals surface area contributed by atoms with Crippen molar-refractivity contribution in [1.29, 1.82) is 0 Å². The predicted octanol–water partition coefficient (Wildman–Crippen LogP) is 2.05. The Kier molecular flexibility index (Phi) is 7.29. The van der Waals surface area contributed by atoms with Gasteiger partial charge in [0, 0.05) is 43.2 Å². The van der Waals surface area contributed by atoms with Crippen LogP contribution in [0.5, 0.6) is 5.75 Å². The first-order valence-electron chi connectivity index (χ1n) is 15.2. The number of primary amides is 1. The van der Waals surface area contributed by atoms with E-state index in [0.29, 0.717) is 24.1 Å². The summed E-state index contributed by atoms with van der Waals surface area (Å²) in [6.07, 6.45) is 1.45. The molecule has 0 bridgehead atoms. The van der Waals surface area contributed by atoms with Crippen molar-refractivity contribution in [3.63, 3.8) is 0 Å². The third-order valence-corrected chi connectivity index (χ3v) is 9.86. The number of aromatic hydroxyl groups is 1. The van der Waals surface area contributed by atoms with Gasteiger partial charge in [-0.25, -0.2) is 0 Å². The molecule has 1 fully saturated rings. The number of benzene rings is 2. The Labute approximate surface area is 267 Å². The highest BCUT2D eigenvalue weighted by atomic mass is 16.8. The quantitative estimate of drug-likeness (QED) is 0.204. The number of nitrogens with two attached hydrogens (primary N) is 2. The van der Waals surface area contributed by atoms with E-state index in [9.17, 15) is 30.0 Å². The van der Waals surface area contributed by atoms with Crippen LogP contribution in [0.3, 0.4) is 0 Å². The second-order valence-corrected chi connectivity index (χ2v) is 13.7. The molecule has 4 aliphatic rings. The van der Waals surface area contributed by atoms with Crippen LogP contribution in [0.4, 0.5) is 5.69 Å². The third-order valence-electron chi connectivity index (χ3n) is 9.86. The summed E-state index contributed by atoms with van der Waals surface area (Å²) < 4.78 is 5.77. The molecule has 1 heterocycles. The van der Waals surface area contributed by atoms with Gasteiger partial charge in [-0.15, -0.1) is 0 Å². The summed E-state index contributed by atoms with van der Waals surface area (Å²) in [6, 6.07) is 10.8. The van der Waals surface area contributed by atoms with Crippen LogP contribution in [-0.4, -0.2) is 88.2 Å². The lowest BCUT2D eigenvalue weighted by Crippen LogP contribution is -2.57. The van der Waals surface area contributed by atoms with E-state index >= 15 is 0 Å². The Hall–Kier alpha value is -4.34. The number of aliphatic hydroxyl groups excluding tert-OH is 2. The minimum Gasteiger partial charge on any atom is -0.510 e. The molecule has 1 saturated heterocycles. The number of amides is 1. The molecule has 1 aliphatic heterocycles. The molecule has 0 radical (unpaired) electrons. The van der Waals surface area contributed by atoms with Crippen LogP contribution >= 0.6 is 0 Å². The number of epoxide rings is 1. The molecule has 2 unspecified atom stereocenters. The Balaban J connectivity index is 1.42. The number of likely N-dealkylation sites (N-methyl/N-ethyl adjacent to an activating group) is 1. The maximum Gasteiger partial charge on any atom is 0.253 e. The van der Waals surface area contributed by atoms with Gasteiger partial charge in [-0.1, -0.05) is 42.2 Å². The zero-order valence-corrected chi connectivity index (χ0v) is 26.6. The molecule has 2 aromatic carbocycles. The summed E-state index contributed by atoms with van der Waals surface area (Å²) in [4.78, 5) is 30.2. The van der Waals surface area contributed by atoms with Crippen molar-refractivity contribution >= 4 is 17.4 Å². The fraction of sp³-hybridized carbons (Fsp3) is 0.429. The van der Waals surface area contributed by atoms with Crippen LogP contribution in [0, 0.1) is 23.7 Å². The predicted molar refractivity (Wildman–Crippen MR) is 171 cm³/mol. The van der Waals surface area contributed by atoms with E-state index in [1.54, 1.807) is 25.1 Å². The normalized spacial score (nSPS) is 29.1. The number of phenolic OH excluding ortho intramolecular Hbond substituents is 1. The molecule has 8 N–H and O–H groups in total. The van der Waals surface area contributed by atoms with Gasteiger partial charge in [0.15, 0.2) is 11.4 Å². The van der Waals surface area contributed by atoms with E-state index < -0.39 is 63.6 Å². The number of phenols is 1. The molecule has 1 spiro atoms. The summed E-state index contributed by atoms with van der Waals surface area (Å²) in [6.45, 7) is 1.91. The smallest absolute Gasteiger partial charge is 0.253 e. The Bertz CT molecular complexity index is 1780. The first-order chi connectivity index (χ1) is 21.6. The van der Waals surface area contributed by atoms with Crippen molar-refractivity contribution in [3.05, 3.63) is 81.3 Å². The zero-order valence-electron chi connectivity index (χ0n) is 26.6. The molecule has 46 heavy (non-hydrogen) atoms. The summed E-state index contributed by atoms with van der Waals surface area (Å²) in [5, 5.41) is 45.9. The van der Waals surface area contributed by atoms with Gasteiger partial charge >= 0.3 is 0 Å². The Morgan fingerprint density at radius 3 is 2.43 bits per heavy atom. The van der Waals surface area contributed by atoms with Gasteiger partial charge < -0.3 is 41.5 Å². The van der Waals surface area contributed by atoms with E-state index in [1.807, 2.05) is 56.3 Å². The van der Waals surface area contributed by atoms with Crippen LogP contribution in [0.25, 0.3) is 0 Å². The number of fused-ring (bicyclic) bond motifs is 2. The first-order valence-corrected chi connectivity index (χ1v) is 15.2. The Morgan fingerprint density at radius 2 is 1.83 bits per heavy atom. The number of ketones is 1. The SMILES string of the molecule is CN(C)c1cc(C#CCC(C)(N)Cc2ccccc2)c(O)c2c1C[C@H]1C[C@H]3[C@H](N(C)C)C(O)=C(C(N)=O)C4(O)O[C@]34C(O)=C1C2=O. The molecule has 3 aliphatic carbocycles. The largest absolute Gasteiger partial charge is 0.510 e. The fourth-order valence-corrected chi connectivity index (χ4v) is 7.87. The highest BCUT2D eigenvalue weighted by Gasteiger charge is 2.84. The highest BCUT2D eigenvalue weighted by Crippen LogP contribution is 2.68. The van der Waals surface area contributed by atoms with Gasteiger partial charge in [-0.05, 0) is 63.4 Å². The molecule has 0 saturated carbocycles. The van der Waals surface area contributed by atoms with Gasteiger partial charge in [0.2, 0.25) is 5.79 Å². The second kappa shape index (κ2) is 10.6. The summed E-state index contributed by atoms with van der Waals surface area (Å²) in [7, 11) is 7.05. The van der Waals surface area contributed by atoms with Crippen LogP contribution < -0.4 is 16.4 Å². The van der Waals surface area contributed by atoms with Gasteiger partial charge in [-0.2, -0.15) is 0 Å². The van der Waals surface area contributed by atoms with Crippen molar-refractivity contribution < 1.29 is 34.8 Å². The lowest BCUT2D eigenvalue weighted by atomic mass is 9.60. The topological polar surface area (TPSA) is 186 Å². The lowest BCUT2D eigenvalue weighted by Gasteiger charge is -2.46. The van der Waals surface area contributed by atoms with E-state index in [4.69, 9.17) is 16.2 Å². The van der Waals surface area contributed by atoms with Crippen LogP contribution in [0.15, 0.2) is 59.1 Å². The number of carbonyl (C=O) groups is 2. The molecular weight excluding hydrogens is 588 g/mol. The van der Waals surface area contributed by atoms with Gasteiger partial charge in [0.05, 0.1) is 17.2 Å². The van der Waals surface area contributed by atoms with Crippen LogP contribution in [0.2, 0.25) is 0 Å². The number of nitrogens with zero attached hydrogens (tertiary/aromatic N) is 2. The van der Waals surface area contributed by atoms with Crippen LogP contribution in [0.1, 0.15) is 46.8 Å².